The summed E-state index contributed by atoms with van der Waals surface area (Å²) in [4.78, 5) is 19.8. The zero-order chi connectivity index (χ0) is 70.9. The second-order valence-corrected chi connectivity index (χ2v) is 44.0. The van der Waals surface area contributed by atoms with Crippen LogP contribution in [-0.4, -0.2) is 160 Å². The predicted octanol–water partition coefficient (Wildman–Crippen LogP) is 21.8. The first-order valence-electron chi connectivity index (χ1n) is 37.9. The summed E-state index contributed by atoms with van der Waals surface area (Å²) in [5, 5.41) is 9.86. The number of hydrogen-bond donors (Lipinski definition) is 0. The van der Waals surface area contributed by atoms with Crippen LogP contribution in [0.25, 0.3) is 15.6 Å². The Balaban J connectivity index is 0.000000632. The zero-order valence-electron chi connectivity index (χ0n) is 69.3. The molecule has 0 bridgehead atoms. The Hall–Kier alpha value is -1.15. The topological polar surface area (TPSA) is 61.7 Å². The number of allylic oxidation sites excluding steroid dienone is 9. The number of hydrogen-bond acceptors (Lipinski definition) is 6. The van der Waals surface area contributed by atoms with E-state index < -0.39 is 16.3 Å². The summed E-state index contributed by atoms with van der Waals surface area (Å²) in [7, 11) is 9.25. The molecular weight excluding hydrogens is 1650 g/mol. The summed E-state index contributed by atoms with van der Waals surface area (Å²) in [6, 6.07) is 28.0. The summed E-state index contributed by atoms with van der Waals surface area (Å²) < 4.78 is 0. The van der Waals surface area contributed by atoms with E-state index in [9.17, 15) is 0 Å². The van der Waals surface area contributed by atoms with Crippen LogP contribution >= 0.6 is 0 Å². The van der Waals surface area contributed by atoms with E-state index in [-0.39, 0.29) is 145 Å². The number of anilines is 3. The van der Waals surface area contributed by atoms with Crippen LogP contribution in [0.1, 0.15) is 143 Å². The molecule has 9 aliphatic rings. The number of benzene rings is 3. The van der Waals surface area contributed by atoms with E-state index in [2.05, 4.69) is 230 Å². The molecule has 12 unspecified atom stereocenters. The first-order chi connectivity index (χ1) is 45.7. The number of rotatable bonds is 15. The van der Waals surface area contributed by atoms with Crippen molar-refractivity contribution in [2.75, 3.05) is 109 Å². The minimum absolute atomic E-state index is 0. The first kappa shape index (κ1) is 99.9. The van der Waals surface area contributed by atoms with Crippen LogP contribution in [0.3, 0.4) is 0 Å². The molecule has 12 atom stereocenters. The van der Waals surface area contributed by atoms with Crippen molar-refractivity contribution in [1.29, 1.82) is 0 Å². The van der Waals surface area contributed by atoms with Gasteiger partial charge in [0, 0.05) is 26.2 Å². The van der Waals surface area contributed by atoms with Gasteiger partial charge >= 0.3 is 106 Å². The zero-order valence-corrected chi connectivity index (χ0v) is 79.6. The van der Waals surface area contributed by atoms with Crippen molar-refractivity contribution in [3.8, 4) is 0 Å². The minimum Gasteiger partial charge on any atom is -0.660 e. The molecule has 573 valence electrons. The molecule has 3 saturated carbocycles. The van der Waals surface area contributed by atoms with E-state index in [4.69, 9.17) is 15.6 Å². The van der Waals surface area contributed by atoms with Gasteiger partial charge < -0.3 is 52.6 Å². The van der Waals surface area contributed by atoms with Crippen LogP contribution < -0.4 is 14.7 Å². The van der Waals surface area contributed by atoms with E-state index in [0.717, 1.165) is 100 Å². The molecule has 0 amide bonds. The average molecular weight is 1790 g/mol. The fraction of sp³-hybridized carbons (Fsp3) is 0.596. The molecule has 3 aliphatic heterocycles. The SMILES string of the molecule is CC(C)(C)[N-]CCC1CC(N2CCCC2)C2C=CC=CC12.CC(C)(C)[N-]C[Si](C)(C)C1CC(N2CCCC2)C2C=CC=CC21.CC(C)(C)[N-][Si](C)(C)CC1CC(N2CCCC2)C2C=CC=CC12.[CH2-]c1ccccc1N(C)C.[CH2-]c1ccccc1N(C)C.[CH2-]c1ccccc1N(C)C.[CH3-].[CH3-].[CH3-].[Er+3].[La+3].[Y+3]. The third-order valence-corrected chi connectivity index (χ3v) is 28.2. The largest absolute Gasteiger partial charge is 3.00 e. The normalized spacial score (nSPS) is 25.8. The average Bonchev–Trinajstić information content (AvgIpc) is 1.63. The summed E-state index contributed by atoms with van der Waals surface area (Å²) in [5.41, 5.74) is 8.00. The summed E-state index contributed by atoms with van der Waals surface area (Å²) >= 11 is 0. The van der Waals surface area contributed by atoms with Gasteiger partial charge in [0.25, 0.3) is 0 Å². The van der Waals surface area contributed by atoms with Crippen LogP contribution in [-0.2, 0) is 32.7 Å². The van der Waals surface area contributed by atoms with Gasteiger partial charge in [-0.2, -0.15) is 61.8 Å². The maximum atomic E-state index is 5.25. The van der Waals surface area contributed by atoms with Gasteiger partial charge in [-0.25, -0.2) is 0 Å². The van der Waals surface area contributed by atoms with Crippen molar-refractivity contribution in [3.05, 3.63) is 221 Å². The Morgan fingerprint density at radius 3 is 1.05 bits per heavy atom. The molecule has 0 N–H and O–H groups in total. The Labute approximate surface area is 722 Å². The monoisotopic (exact) mass is 1790 g/mol. The molecule has 0 aromatic heterocycles. The third kappa shape index (κ3) is 31.5. The molecule has 6 aliphatic carbocycles. The number of nitrogens with zero attached hydrogens (tertiary/aromatic N) is 9. The van der Waals surface area contributed by atoms with Crippen LogP contribution in [0.2, 0.25) is 37.8 Å². The number of fused-ring (bicyclic) bond motifs is 3. The van der Waals surface area contributed by atoms with Gasteiger partial charge in [-0.15, -0.1) is 41.4 Å². The Morgan fingerprint density at radius 1 is 0.427 bits per heavy atom. The van der Waals surface area contributed by atoms with Crippen molar-refractivity contribution in [1.82, 2.24) is 14.7 Å². The van der Waals surface area contributed by atoms with Crippen molar-refractivity contribution in [3.63, 3.8) is 0 Å². The van der Waals surface area contributed by atoms with Gasteiger partial charge in [-0.05, 0) is 192 Å². The van der Waals surface area contributed by atoms with Crippen LogP contribution in [0.5, 0.6) is 0 Å². The summed E-state index contributed by atoms with van der Waals surface area (Å²) in [6.07, 6.45) is 43.7. The van der Waals surface area contributed by atoms with E-state index in [1.807, 2.05) is 96.9 Å². The molecular formula is C89H146ErLaN9Si2Y. The van der Waals surface area contributed by atoms with Gasteiger partial charge in [0.1, 0.15) is 0 Å². The second kappa shape index (κ2) is 46.6. The molecule has 9 nitrogen and oxygen atoms in total. The third-order valence-electron chi connectivity index (χ3n) is 21.8. The number of para-hydroxylation sites is 3. The van der Waals surface area contributed by atoms with Crippen LogP contribution in [0.15, 0.2) is 146 Å². The van der Waals surface area contributed by atoms with Crippen LogP contribution in [0, 0.1) is 163 Å². The minimum atomic E-state index is -1.50. The number of likely N-dealkylation sites (tertiary alicyclic amines) is 3. The molecule has 3 aromatic carbocycles. The molecule has 0 spiro atoms. The summed E-state index contributed by atoms with van der Waals surface area (Å²) in [5.74, 6) is 6.21. The molecule has 14 heteroatoms. The molecule has 3 aromatic rings. The first-order valence-corrected chi connectivity index (χ1v) is 44.3. The summed E-state index contributed by atoms with van der Waals surface area (Å²) in [6.45, 7) is 50.9. The molecule has 3 heterocycles. The quantitative estimate of drug-likeness (QED) is 0.112. The van der Waals surface area contributed by atoms with Gasteiger partial charge in [0.2, 0.25) is 0 Å². The Morgan fingerprint density at radius 2 is 0.728 bits per heavy atom. The molecule has 3 saturated heterocycles. The van der Waals surface area contributed by atoms with Crippen molar-refractivity contribution < 1.29 is 106 Å². The van der Waals surface area contributed by atoms with E-state index >= 15 is 0 Å². The fourth-order valence-corrected chi connectivity index (χ4v) is 24.6. The van der Waals surface area contributed by atoms with Crippen molar-refractivity contribution in [2.45, 2.75) is 199 Å². The molecule has 12 rings (SSSR count). The fourth-order valence-electron chi connectivity index (χ4n) is 17.6. The van der Waals surface area contributed by atoms with Gasteiger partial charge in [-0.3, -0.25) is 14.7 Å². The molecule has 1 radical (unpaired) electrons. The van der Waals surface area contributed by atoms with E-state index in [1.165, 1.54) is 127 Å². The smallest absolute Gasteiger partial charge is 0.660 e. The maximum absolute atomic E-state index is 5.25. The molecule has 6 fully saturated rings. The maximum Gasteiger partial charge on any atom is 3.00 e. The second-order valence-electron chi connectivity index (χ2n) is 34.7. The van der Waals surface area contributed by atoms with Gasteiger partial charge in [0.15, 0.2) is 0 Å². The van der Waals surface area contributed by atoms with Gasteiger partial charge in [0.05, 0.1) is 0 Å². The van der Waals surface area contributed by atoms with Crippen LogP contribution in [0.4, 0.5) is 17.1 Å². The Kier molecular flexibility index (Phi) is 45.2. The standard InChI is InChI=1S/2C20H35N2Si.C19H31N2.3C9H12N.3CH3.Er.La.Y/c1-20(2,3)21-23(4,5)15-16-14-19(22-12-8-9-13-22)18-11-7-6-10-17(16)18;1-20(2,3)21-15-23(4,5)19-14-18(22-12-8-9-13-22)16-10-6-7-11-17(16)19;1-19(2,3)20-11-10-15-14-18(21-12-6-7-13-21)17-9-5-4-8-16(15)17;3*1-8-6-4-5-7-9(8)10(2)3;;;;;;/h2*6-7,10-11,16-19H,8-9,12-15H2,1-5H3;4-5,8-9,15-18H,6-7,10-14H2,1-3H3;3*4-7H,1H2,2-3H3;3*1H3;;;/q9*-1;3*+3. The Bertz CT molecular complexity index is 2910. The van der Waals surface area contributed by atoms with Crippen molar-refractivity contribution in [2.24, 2.45) is 47.3 Å². The van der Waals surface area contributed by atoms with Gasteiger partial charge in [-0.1, -0.05) is 236 Å². The van der Waals surface area contributed by atoms with E-state index in [1.54, 1.807) is 0 Å². The molecule has 103 heavy (non-hydrogen) atoms. The van der Waals surface area contributed by atoms with E-state index in [0.29, 0.717) is 0 Å². The predicted molar refractivity (Wildman–Crippen MR) is 453 cm³/mol. The van der Waals surface area contributed by atoms with Crippen molar-refractivity contribution >= 4 is 33.4 Å².